The van der Waals surface area contributed by atoms with Gasteiger partial charge in [-0.25, -0.2) is 4.79 Å². The van der Waals surface area contributed by atoms with Crippen molar-refractivity contribution in [1.82, 2.24) is 15.2 Å². The Kier molecular flexibility index (Phi) is 6.37. The summed E-state index contributed by atoms with van der Waals surface area (Å²) in [6, 6.07) is 3.76. The summed E-state index contributed by atoms with van der Waals surface area (Å²) in [4.78, 5) is 30.1. The Morgan fingerprint density at radius 3 is 2.61 bits per heavy atom. The van der Waals surface area contributed by atoms with Crippen molar-refractivity contribution in [2.45, 2.75) is 45.6 Å². The summed E-state index contributed by atoms with van der Waals surface area (Å²) in [6.45, 7) is 8.00. The van der Waals surface area contributed by atoms with E-state index in [1.807, 2.05) is 37.8 Å². The van der Waals surface area contributed by atoms with Crippen LogP contribution in [0.4, 0.5) is 4.79 Å². The second kappa shape index (κ2) is 8.76. The van der Waals surface area contributed by atoms with Gasteiger partial charge in [0.2, 0.25) is 5.91 Å². The third kappa shape index (κ3) is 5.81. The first-order valence-corrected chi connectivity index (χ1v) is 10.1. The maximum atomic E-state index is 12.2. The quantitative estimate of drug-likeness (QED) is 0.788. The van der Waals surface area contributed by atoms with E-state index in [4.69, 9.17) is 4.74 Å². The number of hydrogen-bond donors (Lipinski definition) is 1. The lowest BCUT2D eigenvalue weighted by Gasteiger charge is -2.25. The molecule has 2 amide bonds. The zero-order valence-electron chi connectivity index (χ0n) is 17.1. The second-order valence-corrected chi connectivity index (χ2v) is 8.94. The van der Waals surface area contributed by atoms with Gasteiger partial charge in [0.05, 0.1) is 0 Å². The molecule has 0 radical (unpaired) electrons. The Labute approximate surface area is 167 Å². The molecule has 1 N–H and O–H groups in total. The summed E-state index contributed by atoms with van der Waals surface area (Å²) in [5.41, 5.74) is 0.469. The fourth-order valence-electron chi connectivity index (χ4n) is 4.24. The first kappa shape index (κ1) is 20.4. The molecule has 0 aromatic carbocycles. The summed E-state index contributed by atoms with van der Waals surface area (Å²) in [5.74, 6) is 1.69. The van der Waals surface area contributed by atoms with Crippen LogP contribution in [-0.4, -0.2) is 47.1 Å². The van der Waals surface area contributed by atoms with Gasteiger partial charge in [-0.2, -0.15) is 0 Å². The average molecular weight is 386 g/mol. The van der Waals surface area contributed by atoms with E-state index in [1.54, 1.807) is 24.5 Å². The number of fused-ring (bicyclic) bond motifs is 1. The Morgan fingerprint density at radius 2 is 2.00 bits per heavy atom. The van der Waals surface area contributed by atoms with Crippen LogP contribution in [0, 0.1) is 17.8 Å². The SMILES string of the molecule is CC(C)(C)OC(=O)N1CC2CC(CCNC(=O)/C=C/c3cccnc3)CC2C1. The van der Waals surface area contributed by atoms with Gasteiger partial charge in [-0.3, -0.25) is 9.78 Å². The maximum absolute atomic E-state index is 12.2. The molecule has 1 saturated carbocycles. The fourth-order valence-corrected chi connectivity index (χ4v) is 4.24. The van der Waals surface area contributed by atoms with Crippen LogP contribution in [0.3, 0.4) is 0 Å². The Morgan fingerprint density at radius 1 is 1.29 bits per heavy atom. The van der Waals surface area contributed by atoms with E-state index in [1.165, 1.54) is 0 Å². The molecule has 2 atom stereocenters. The van der Waals surface area contributed by atoms with Gasteiger partial charge in [0.25, 0.3) is 0 Å². The smallest absolute Gasteiger partial charge is 0.410 e. The normalized spacial score (nSPS) is 24.4. The zero-order chi connectivity index (χ0) is 20.1. The number of amides is 2. The average Bonchev–Trinajstić information content (AvgIpc) is 3.18. The molecule has 152 valence electrons. The van der Waals surface area contributed by atoms with E-state index in [2.05, 4.69) is 10.3 Å². The molecular weight excluding hydrogens is 354 g/mol. The fraction of sp³-hybridized carbons (Fsp3) is 0.591. The molecule has 1 saturated heterocycles. The highest BCUT2D eigenvalue weighted by Gasteiger charge is 2.43. The van der Waals surface area contributed by atoms with Crippen LogP contribution in [0.25, 0.3) is 6.08 Å². The number of rotatable bonds is 5. The lowest BCUT2D eigenvalue weighted by molar-refractivity contribution is -0.116. The van der Waals surface area contributed by atoms with Crippen LogP contribution in [0.5, 0.6) is 0 Å². The molecule has 2 unspecified atom stereocenters. The summed E-state index contributed by atoms with van der Waals surface area (Å²) >= 11 is 0. The number of ether oxygens (including phenoxy) is 1. The van der Waals surface area contributed by atoms with Crippen LogP contribution in [0.2, 0.25) is 0 Å². The third-order valence-electron chi connectivity index (χ3n) is 5.46. The van der Waals surface area contributed by atoms with Gasteiger partial charge in [0, 0.05) is 38.1 Å². The van der Waals surface area contributed by atoms with Gasteiger partial charge in [-0.05, 0) is 75.5 Å². The lowest BCUT2D eigenvalue weighted by Crippen LogP contribution is -2.36. The van der Waals surface area contributed by atoms with Crippen molar-refractivity contribution in [3.63, 3.8) is 0 Å². The number of carbonyl (C=O) groups excluding carboxylic acids is 2. The van der Waals surface area contributed by atoms with Crippen LogP contribution in [0.15, 0.2) is 30.6 Å². The van der Waals surface area contributed by atoms with Gasteiger partial charge >= 0.3 is 6.09 Å². The molecular formula is C22H31N3O3. The first-order chi connectivity index (χ1) is 13.3. The van der Waals surface area contributed by atoms with E-state index >= 15 is 0 Å². The lowest BCUT2D eigenvalue weighted by atomic mass is 10.0. The summed E-state index contributed by atoms with van der Waals surface area (Å²) in [5, 5.41) is 2.97. The molecule has 6 heteroatoms. The predicted octanol–water partition coefficient (Wildman–Crippen LogP) is 3.49. The minimum atomic E-state index is -0.443. The van der Waals surface area contributed by atoms with Gasteiger partial charge in [-0.15, -0.1) is 0 Å². The minimum Gasteiger partial charge on any atom is -0.444 e. The number of likely N-dealkylation sites (tertiary alicyclic amines) is 1. The molecule has 1 aromatic rings. The highest BCUT2D eigenvalue weighted by atomic mass is 16.6. The van der Waals surface area contributed by atoms with Crippen molar-refractivity contribution in [2.75, 3.05) is 19.6 Å². The third-order valence-corrected chi connectivity index (χ3v) is 5.46. The van der Waals surface area contributed by atoms with Crippen molar-refractivity contribution in [1.29, 1.82) is 0 Å². The van der Waals surface area contributed by atoms with Gasteiger partial charge in [0.15, 0.2) is 0 Å². The number of carbonyl (C=O) groups is 2. The van der Waals surface area contributed by atoms with Crippen LogP contribution in [-0.2, 0) is 9.53 Å². The van der Waals surface area contributed by atoms with E-state index in [0.717, 1.165) is 37.9 Å². The molecule has 3 rings (SSSR count). The Bertz CT molecular complexity index is 697. The van der Waals surface area contributed by atoms with E-state index in [9.17, 15) is 9.59 Å². The molecule has 2 heterocycles. The summed E-state index contributed by atoms with van der Waals surface area (Å²) < 4.78 is 5.49. The Balaban J connectivity index is 1.35. The number of hydrogen-bond acceptors (Lipinski definition) is 4. The van der Waals surface area contributed by atoms with Crippen molar-refractivity contribution >= 4 is 18.1 Å². The van der Waals surface area contributed by atoms with Crippen molar-refractivity contribution in [2.24, 2.45) is 17.8 Å². The number of aromatic nitrogens is 1. The molecule has 2 fully saturated rings. The first-order valence-electron chi connectivity index (χ1n) is 10.1. The summed E-state index contributed by atoms with van der Waals surface area (Å²) in [7, 11) is 0. The molecule has 6 nitrogen and oxygen atoms in total. The molecule has 1 aliphatic heterocycles. The standard InChI is InChI=1S/C22H31N3O3/c1-22(2,3)28-21(27)25-14-18-11-17(12-19(18)15-25)8-10-24-20(26)7-6-16-5-4-9-23-13-16/h4-7,9,13,17-19H,8,10-12,14-15H2,1-3H3,(H,24,26)/b7-6+. The molecule has 28 heavy (non-hydrogen) atoms. The van der Waals surface area contributed by atoms with Gasteiger partial charge in [0.1, 0.15) is 5.60 Å². The monoisotopic (exact) mass is 385 g/mol. The predicted molar refractivity (Wildman–Crippen MR) is 108 cm³/mol. The molecule has 0 bridgehead atoms. The number of pyridine rings is 1. The maximum Gasteiger partial charge on any atom is 0.410 e. The Hall–Kier alpha value is -2.37. The van der Waals surface area contributed by atoms with Crippen LogP contribution in [0.1, 0.15) is 45.6 Å². The minimum absolute atomic E-state index is 0.0712. The molecule has 1 aliphatic carbocycles. The van der Waals surface area contributed by atoms with E-state index in [-0.39, 0.29) is 12.0 Å². The van der Waals surface area contributed by atoms with Gasteiger partial charge in [-0.1, -0.05) is 6.07 Å². The second-order valence-electron chi connectivity index (χ2n) is 8.94. The van der Waals surface area contributed by atoms with Crippen molar-refractivity contribution in [3.8, 4) is 0 Å². The number of nitrogens with one attached hydrogen (secondary N) is 1. The van der Waals surface area contributed by atoms with Crippen LogP contribution < -0.4 is 5.32 Å². The van der Waals surface area contributed by atoms with Crippen molar-refractivity contribution < 1.29 is 14.3 Å². The van der Waals surface area contributed by atoms with E-state index < -0.39 is 5.60 Å². The van der Waals surface area contributed by atoms with E-state index in [0.29, 0.717) is 24.3 Å². The van der Waals surface area contributed by atoms with Crippen LogP contribution >= 0.6 is 0 Å². The molecule has 0 spiro atoms. The largest absolute Gasteiger partial charge is 0.444 e. The molecule has 2 aliphatic rings. The topological polar surface area (TPSA) is 71.5 Å². The highest BCUT2D eigenvalue weighted by Crippen LogP contribution is 2.43. The zero-order valence-corrected chi connectivity index (χ0v) is 17.1. The highest BCUT2D eigenvalue weighted by molar-refractivity contribution is 5.91. The van der Waals surface area contributed by atoms with Crippen molar-refractivity contribution in [3.05, 3.63) is 36.2 Å². The molecule has 1 aromatic heterocycles. The number of nitrogens with zero attached hydrogens (tertiary/aromatic N) is 2. The summed E-state index contributed by atoms with van der Waals surface area (Å²) in [6.07, 6.45) is 9.82. The van der Waals surface area contributed by atoms with Gasteiger partial charge < -0.3 is 15.0 Å².